The van der Waals surface area contributed by atoms with E-state index in [1.165, 1.54) is 27.8 Å². The van der Waals surface area contributed by atoms with Crippen molar-refractivity contribution in [3.8, 4) is 5.75 Å². The molecule has 1 atom stereocenters. The van der Waals surface area contributed by atoms with Crippen molar-refractivity contribution in [2.75, 3.05) is 13.7 Å². The van der Waals surface area contributed by atoms with Crippen LogP contribution in [0.1, 0.15) is 28.4 Å². The van der Waals surface area contributed by atoms with Crippen LogP contribution in [-0.4, -0.2) is 28.2 Å². The van der Waals surface area contributed by atoms with Gasteiger partial charge in [-0.1, -0.05) is 24.3 Å². The van der Waals surface area contributed by atoms with Gasteiger partial charge in [-0.3, -0.25) is 4.90 Å². The zero-order valence-corrected chi connectivity index (χ0v) is 14.4. The van der Waals surface area contributed by atoms with E-state index in [9.17, 15) is 5.11 Å². The number of methoxy groups -OCH3 is 1. The third-order valence-corrected chi connectivity index (χ3v) is 5.91. The summed E-state index contributed by atoms with van der Waals surface area (Å²) in [5.41, 5.74) is 6.64. The number of aliphatic hydroxyl groups excluding tert-OH is 1. The standard InChI is InChI=1S/C21H22N2O2/c1-25-15-7-6-14-8-9-22-12-21-18(11-20(22)17(14)10-15)16-4-2-3-5-19(16)23(21)13-24/h2-7,10,20,24H,8-9,11-13H2,1H3. The van der Waals surface area contributed by atoms with Gasteiger partial charge in [-0.05, 0) is 47.7 Å². The van der Waals surface area contributed by atoms with Gasteiger partial charge in [0.05, 0.1) is 12.6 Å². The molecule has 128 valence electrons. The maximum atomic E-state index is 9.93. The molecule has 2 aliphatic heterocycles. The normalized spacial score (nSPS) is 19.4. The molecule has 0 saturated carbocycles. The fourth-order valence-corrected chi connectivity index (χ4v) is 4.67. The molecule has 0 spiro atoms. The van der Waals surface area contributed by atoms with Gasteiger partial charge in [-0.15, -0.1) is 0 Å². The first-order valence-electron chi connectivity index (χ1n) is 8.91. The lowest BCUT2D eigenvalue weighted by Crippen LogP contribution is -2.39. The van der Waals surface area contributed by atoms with Crippen LogP contribution in [0.15, 0.2) is 42.5 Å². The van der Waals surface area contributed by atoms with E-state index < -0.39 is 0 Å². The van der Waals surface area contributed by atoms with Gasteiger partial charge in [0.15, 0.2) is 0 Å². The minimum absolute atomic E-state index is 0.0404. The lowest BCUT2D eigenvalue weighted by molar-refractivity contribution is 0.146. The zero-order chi connectivity index (χ0) is 17.0. The number of rotatable bonds is 2. The number of benzene rings is 2. The molecular formula is C21H22N2O2. The Morgan fingerprint density at radius 2 is 2.08 bits per heavy atom. The highest BCUT2D eigenvalue weighted by Gasteiger charge is 2.35. The lowest BCUT2D eigenvalue weighted by Gasteiger charge is -2.41. The average Bonchev–Trinajstić information content (AvgIpc) is 2.98. The van der Waals surface area contributed by atoms with Crippen LogP contribution in [0.2, 0.25) is 0 Å². The molecule has 1 aromatic heterocycles. The molecule has 5 rings (SSSR count). The van der Waals surface area contributed by atoms with Crippen LogP contribution >= 0.6 is 0 Å². The van der Waals surface area contributed by atoms with Crippen molar-refractivity contribution in [2.24, 2.45) is 0 Å². The van der Waals surface area contributed by atoms with E-state index in [2.05, 4.69) is 45.9 Å². The van der Waals surface area contributed by atoms with Crippen molar-refractivity contribution in [2.45, 2.75) is 32.2 Å². The second kappa shape index (κ2) is 5.61. The summed E-state index contributed by atoms with van der Waals surface area (Å²) in [6.07, 6.45) is 2.06. The quantitative estimate of drug-likeness (QED) is 0.782. The van der Waals surface area contributed by atoms with E-state index >= 15 is 0 Å². The van der Waals surface area contributed by atoms with Crippen LogP contribution < -0.4 is 4.74 Å². The summed E-state index contributed by atoms with van der Waals surface area (Å²) < 4.78 is 7.54. The van der Waals surface area contributed by atoms with Gasteiger partial charge in [0.25, 0.3) is 0 Å². The van der Waals surface area contributed by atoms with Crippen molar-refractivity contribution in [1.29, 1.82) is 0 Å². The Morgan fingerprint density at radius 1 is 1.20 bits per heavy atom. The number of fused-ring (bicyclic) bond motifs is 6. The lowest BCUT2D eigenvalue weighted by atomic mass is 9.85. The molecule has 1 unspecified atom stereocenters. The zero-order valence-electron chi connectivity index (χ0n) is 14.4. The summed E-state index contributed by atoms with van der Waals surface area (Å²) in [6, 6.07) is 15.3. The minimum atomic E-state index is 0.0404. The molecule has 3 aromatic rings. The molecular weight excluding hydrogens is 312 g/mol. The average molecular weight is 334 g/mol. The Balaban J connectivity index is 1.66. The maximum Gasteiger partial charge on any atom is 0.120 e. The summed E-state index contributed by atoms with van der Waals surface area (Å²) >= 11 is 0. The highest BCUT2D eigenvalue weighted by Crippen LogP contribution is 2.42. The first kappa shape index (κ1) is 15.0. The summed E-state index contributed by atoms with van der Waals surface area (Å²) in [4.78, 5) is 2.55. The Hall–Kier alpha value is -2.30. The molecule has 25 heavy (non-hydrogen) atoms. The van der Waals surface area contributed by atoms with Crippen molar-refractivity contribution in [3.05, 3.63) is 64.8 Å². The molecule has 4 heteroatoms. The molecule has 0 aliphatic carbocycles. The first-order chi connectivity index (χ1) is 12.3. The van der Waals surface area contributed by atoms with Crippen molar-refractivity contribution < 1.29 is 9.84 Å². The van der Waals surface area contributed by atoms with Gasteiger partial charge in [0, 0.05) is 30.2 Å². The van der Waals surface area contributed by atoms with Crippen LogP contribution in [0.4, 0.5) is 0 Å². The molecule has 0 saturated heterocycles. The number of hydrogen-bond donors (Lipinski definition) is 1. The Morgan fingerprint density at radius 3 is 2.92 bits per heavy atom. The smallest absolute Gasteiger partial charge is 0.120 e. The molecule has 4 nitrogen and oxygen atoms in total. The predicted octanol–water partition coefficient (Wildman–Crippen LogP) is 3.26. The summed E-state index contributed by atoms with van der Waals surface area (Å²) in [6.45, 7) is 2.00. The van der Waals surface area contributed by atoms with Crippen LogP contribution in [0, 0.1) is 0 Å². The largest absolute Gasteiger partial charge is 0.497 e. The molecule has 0 amide bonds. The van der Waals surface area contributed by atoms with Gasteiger partial charge < -0.3 is 14.4 Å². The van der Waals surface area contributed by atoms with Gasteiger partial charge in [0.1, 0.15) is 12.5 Å². The van der Waals surface area contributed by atoms with Gasteiger partial charge >= 0.3 is 0 Å². The Labute approximate surface area is 147 Å². The summed E-state index contributed by atoms with van der Waals surface area (Å²) in [5.74, 6) is 0.934. The number of ether oxygens (including phenoxy) is 1. The van der Waals surface area contributed by atoms with Crippen molar-refractivity contribution in [3.63, 3.8) is 0 Å². The monoisotopic (exact) mass is 334 g/mol. The van der Waals surface area contributed by atoms with E-state index in [4.69, 9.17) is 4.74 Å². The van der Waals surface area contributed by atoms with E-state index in [0.717, 1.165) is 37.2 Å². The highest BCUT2D eigenvalue weighted by atomic mass is 16.5. The predicted molar refractivity (Wildman–Crippen MR) is 97.7 cm³/mol. The Kier molecular flexibility index (Phi) is 3.37. The van der Waals surface area contributed by atoms with Crippen LogP contribution in [-0.2, 0) is 26.1 Å². The second-order valence-electron chi connectivity index (χ2n) is 7.02. The van der Waals surface area contributed by atoms with E-state index in [-0.39, 0.29) is 6.73 Å². The fraction of sp³-hybridized carbons (Fsp3) is 0.333. The van der Waals surface area contributed by atoms with Crippen molar-refractivity contribution >= 4 is 10.9 Å². The molecule has 1 N–H and O–H groups in total. The third-order valence-electron chi connectivity index (χ3n) is 5.91. The number of para-hydroxylation sites is 1. The maximum absolute atomic E-state index is 9.93. The van der Waals surface area contributed by atoms with Crippen LogP contribution in [0.25, 0.3) is 10.9 Å². The molecule has 3 heterocycles. The molecule has 2 aliphatic rings. The number of nitrogens with zero attached hydrogens (tertiary/aromatic N) is 2. The summed E-state index contributed by atoms with van der Waals surface area (Å²) in [7, 11) is 1.73. The van der Waals surface area contributed by atoms with Gasteiger partial charge in [-0.25, -0.2) is 0 Å². The van der Waals surface area contributed by atoms with Gasteiger partial charge in [0.2, 0.25) is 0 Å². The number of aromatic nitrogens is 1. The fourth-order valence-electron chi connectivity index (χ4n) is 4.67. The van der Waals surface area contributed by atoms with Crippen LogP contribution in [0.3, 0.4) is 0 Å². The van der Waals surface area contributed by atoms with E-state index in [1.807, 2.05) is 6.07 Å². The first-order valence-corrected chi connectivity index (χ1v) is 8.91. The molecule has 2 aromatic carbocycles. The third kappa shape index (κ3) is 2.14. The topological polar surface area (TPSA) is 37.6 Å². The molecule has 0 fully saturated rings. The molecule has 0 radical (unpaired) electrons. The van der Waals surface area contributed by atoms with Crippen molar-refractivity contribution in [1.82, 2.24) is 9.47 Å². The highest BCUT2D eigenvalue weighted by molar-refractivity contribution is 5.86. The number of aliphatic hydroxyl groups is 1. The Bertz CT molecular complexity index is 960. The van der Waals surface area contributed by atoms with E-state index in [0.29, 0.717) is 6.04 Å². The van der Waals surface area contributed by atoms with Crippen LogP contribution in [0.5, 0.6) is 5.75 Å². The summed E-state index contributed by atoms with van der Waals surface area (Å²) in [5, 5.41) is 11.2. The molecule has 0 bridgehead atoms. The number of hydrogen-bond acceptors (Lipinski definition) is 3. The van der Waals surface area contributed by atoms with E-state index in [1.54, 1.807) is 7.11 Å². The second-order valence-corrected chi connectivity index (χ2v) is 7.02. The van der Waals surface area contributed by atoms with Gasteiger partial charge in [-0.2, -0.15) is 0 Å². The SMILES string of the molecule is COc1ccc2c(c1)C1Cc3c(n(CO)c4ccccc34)CN1CC2. The minimum Gasteiger partial charge on any atom is -0.497 e.